The minimum atomic E-state index is 0.563. The van der Waals surface area contributed by atoms with Crippen molar-refractivity contribution in [2.45, 2.75) is 63.9 Å². The lowest BCUT2D eigenvalue weighted by molar-refractivity contribution is 0.617. The molecule has 21 heavy (non-hydrogen) atoms. The molecule has 2 unspecified atom stereocenters. The van der Waals surface area contributed by atoms with Crippen LogP contribution in [0, 0.1) is 0 Å². The maximum Gasteiger partial charge on any atom is 0.129 e. The molecule has 1 aliphatic heterocycles. The molecule has 1 saturated heterocycles. The third kappa shape index (κ3) is 3.72. The third-order valence-corrected chi connectivity index (χ3v) is 5.98. The SMILES string of the molecule is CCc1cc(CNC2CC2)cc(N2CCSC(C)C2C)n1. The molecule has 2 aliphatic rings. The summed E-state index contributed by atoms with van der Waals surface area (Å²) in [5.74, 6) is 2.39. The number of aromatic nitrogens is 1. The predicted molar refractivity (Wildman–Crippen MR) is 92.2 cm³/mol. The van der Waals surface area contributed by atoms with Crippen molar-refractivity contribution in [1.29, 1.82) is 0 Å². The van der Waals surface area contributed by atoms with Crippen LogP contribution in [0.1, 0.15) is 44.9 Å². The van der Waals surface area contributed by atoms with Gasteiger partial charge in [0.1, 0.15) is 5.82 Å². The highest BCUT2D eigenvalue weighted by Crippen LogP contribution is 2.29. The highest BCUT2D eigenvalue weighted by Gasteiger charge is 2.26. The summed E-state index contributed by atoms with van der Waals surface area (Å²) in [4.78, 5) is 7.39. The van der Waals surface area contributed by atoms with Gasteiger partial charge in [-0.05, 0) is 43.9 Å². The highest BCUT2D eigenvalue weighted by molar-refractivity contribution is 8.00. The molecule has 0 bridgehead atoms. The van der Waals surface area contributed by atoms with Gasteiger partial charge in [-0.2, -0.15) is 11.8 Å². The quantitative estimate of drug-likeness (QED) is 0.904. The van der Waals surface area contributed by atoms with Crippen LogP contribution in [0.25, 0.3) is 0 Å². The molecule has 2 heterocycles. The van der Waals surface area contributed by atoms with E-state index in [4.69, 9.17) is 4.98 Å². The lowest BCUT2D eigenvalue weighted by Crippen LogP contribution is -2.45. The van der Waals surface area contributed by atoms with E-state index in [0.717, 1.165) is 25.6 Å². The molecule has 3 nitrogen and oxygen atoms in total. The first-order valence-electron chi connectivity index (χ1n) is 8.29. The van der Waals surface area contributed by atoms with Crippen LogP contribution in [0.5, 0.6) is 0 Å². The average molecular weight is 305 g/mol. The first-order chi connectivity index (χ1) is 10.2. The van der Waals surface area contributed by atoms with Gasteiger partial charge < -0.3 is 10.2 Å². The number of nitrogens with one attached hydrogen (secondary N) is 1. The second kappa shape index (κ2) is 6.57. The smallest absolute Gasteiger partial charge is 0.129 e. The molecule has 2 fully saturated rings. The van der Waals surface area contributed by atoms with Crippen LogP contribution in [0.15, 0.2) is 12.1 Å². The minimum Gasteiger partial charge on any atom is -0.352 e. The molecule has 1 aromatic heterocycles. The van der Waals surface area contributed by atoms with Gasteiger partial charge in [0.05, 0.1) is 0 Å². The van der Waals surface area contributed by atoms with Gasteiger partial charge >= 0.3 is 0 Å². The monoisotopic (exact) mass is 305 g/mol. The number of pyridine rings is 1. The van der Waals surface area contributed by atoms with Crippen molar-refractivity contribution in [3.63, 3.8) is 0 Å². The Labute approximate surface area is 132 Å². The Kier molecular flexibility index (Phi) is 4.75. The topological polar surface area (TPSA) is 28.2 Å². The predicted octanol–water partition coefficient (Wildman–Crippen LogP) is 3.23. The second-order valence-corrected chi connectivity index (χ2v) is 7.83. The fourth-order valence-electron chi connectivity index (χ4n) is 2.87. The van der Waals surface area contributed by atoms with Crippen LogP contribution in [0.2, 0.25) is 0 Å². The third-order valence-electron chi connectivity index (χ3n) is 4.64. The first-order valence-corrected chi connectivity index (χ1v) is 9.33. The molecule has 1 N–H and O–H groups in total. The zero-order chi connectivity index (χ0) is 14.8. The summed E-state index contributed by atoms with van der Waals surface area (Å²) < 4.78 is 0. The molecule has 116 valence electrons. The van der Waals surface area contributed by atoms with Gasteiger partial charge in [0.2, 0.25) is 0 Å². The number of thioether (sulfide) groups is 1. The van der Waals surface area contributed by atoms with E-state index in [1.807, 2.05) is 0 Å². The van der Waals surface area contributed by atoms with Gasteiger partial charge in [0, 0.05) is 41.9 Å². The zero-order valence-electron chi connectivity index (χ0n) is 13.4. The normalized spacial score (nSPS) is 26.1. The molecular weight excluding hydrogens is 278 g/mol. The Morgan fingerprint density at radius 1 is 1.33 bits per heavy atom. The van der Waals surface area contributed by atoms with Crippen molar-refractivity contribution < 1.29 is 0 Å². The van der Waals surface area contributed by atoms with E-state index < -0.39 is 0 Å². The summed E-state index contributed by atoms with van der Waals surface area (Å²) in [6.45, 7) is 8.97. The Morgan fingerprint density at radius 2 is 2.14 bits per heavy atom. The van der Waals surface area contributed by atoms with Gasteiger partial charge in [0.15, 0.2) is 0 Å². The second-order valence-electron chi connectivity index (χ2n) is 6.34. The number of aryl methyl sites for hydroxylation is 1. The van der Waals surface area contributed by atoms with E-state index in [9.17, 15) is 0 Å². The van der Waals surface area contributed by atoms with Crippen LogP contribution in [-0.2, 0) is 13.0 Å². The highest BCUT2D eigenvalue weighted by atomic mass is 32.2. The van der Waals surface area contributed by atoms with Crippen molar-refractivity contribution >= 4 is 17.6 Å². The first kappa shape index (κ1) is 15.2. The molecule has 1 aliphatic carbocycles. The number of hydrogen-bond donors (Lipinski definition) is 1. The number of rotatable bonds is 5. The van der Waals surface area contributed by atoms with Gasteiger partial charge in [-0.1, -0.05) is 13.8 Å². The van der Waals surface area contributed by atoms with Crippen molar-refractivity contribution in [2.24, 2.45) is 0 Å². The summed E-state index contributed by atoms with van der Waals surface area (Å²) in [5.41, 5.74) is 2.61. The summed E-state index contributed by atoms with van der Waals surface area (Å²) in [7, 11) is 0. The van der Waals surface area contributed by atoms with Crippen LogP contribution >= 0.6 is 11.8 Å². The number of anilines is 1. The fraction of sp³-hybridized carbons (Fsp3) is 0.706. The summed E-state index contributed by atoms with van der Waals surface area (Å²) >= 11 is 2.08. The van der Waals surface area contributed by atoms with E-state index >= 15 is 0 Å². The standard InChI is InChI=1S/C17H27N3S/c1-4-15-9-14(11-18-16-5-6-16)10-17(19-15)20-7-8-21-13(3)12(20)2/h9-10,12-13,16,18H,4-8,11H2,1-3H3. The van der Waals surface area contributed by atoms with Crippen LogP contribution < -0.4 is 10.2 Å². The lowest BCUT2D eigenvalue weighted by atomic mass is 10.1. The van der Waals surface area contributed by atoms with E-state index in [1.54, 1.807) is 0 Å². The van der Waals surface area contributed by atoms with Gasteiger partial charge in [0.25, 0.3) is 0 Å². The van der Waals surface area contributed by atoms with Crippen LogP contribution in [0.4, 0.5) is 5.82 Å². The Morgan fingerprint density at radius 3 is 2.86 bits per heavy atom. The van der Waals surface area contributed by atoms with Crippen molar-refractivity contribution in [3.05, 3.63) is 23.4 Å². The summed E-state index contributed by atoms with van der Waals surface area (Å²) in [6.07, 6.45) is 3.70. The zero-order valence-corrected chi connectivity index (χ0v) is 14.2. The largest absolute Gasteiger partial charge is 0.352 e. The summed E-state index contributed by atoms with van der Waals surface area (Å²) in [6, 6.07) is 5.89. The van der Waals surface area contributed by atoms with Gasteiger partial charge in [-0.15, -0.1) is 0 Å². The van der Waals surface area contributed by atoms with Crippen LogP contribution in [0.3, 0.4) is 0 Å². The molecule has 0 aromatic carbocycles. The maximum atomic E-state index is 4.89. The van der Waals surface area contributed by atoms with Crippen molar-refractivity contribution in [1.82, 2.24) is 10.3 Å². The van der Waals surface area contributed by atoms with Gasteiger partial charge in [-0.25, -0.2) is 4.98 Å². The number of nitrogens with zero attached hydrogens (tertiary/aromatic N) is 2. The minimum absolute atomic E-state index is 0.563. The van der Waals surface area contributed by atoms with Crippen molar-refractivity contribution in [3.8, 4) is 0 Å². The van der Waals surface area contributed by atoms with Crippen molar-refractivity contribution in [2.75, 3.05) is 17.2 Å². The molecule has 0 amide bonds. The van der Waals surface area contributed by atoms with E-state index in [-0.39, 0.29) is 0 Å². The molecule has 0 radical (unpaired) electrons. The maximum absolute atomic E-state index is 4.89. The Bertz CT molecular complexity index is 487. The average Bonchev–Trinajstić information content (AvgIpc) is 3.32. The molecule has 1 aromatic rings. The van der Waals surface area contributed by atoms with E-state index in [2.05, 4.69) is 54.9 Å². The van der Waals surface area contributed by atoms with E-state index in [0.29, 0.717) is 11.3 Å². The molecule has 2 atom stereocenters. The molecule has 1 saturated carbocycles. The lowest BCUT2D eigenvalue weighted by Gasteiger charge is -2.38. The van der Waals surface area contributed by atoms with Crippen LogP contribution in [-0.4, -0.2) is 34.6 Å². The molecule has 4 heteroatoms. The molecule has 3 rings (SSSR count). The van der Waals surface area contributed by atoms with E-state index in [1.165, 1.54) is 35.7 Å². The fourth-order valence-corrected chi connectivity index (χ4v) is 3.97. The van der Waals surface area contributed by atoms with Gasteiger partial charge in [-0.3, -0.25) is 0 Å². The number of hydrogen-bond acceptors (Lipinski definition) is 4. The molecular formula is C17H27N3S. The Balaban J connectivity index is 1.80. The Hall–Kier alpha value is -0.740. The summed E-state index contributed by atoms with van der Waals surface area (Å²) in [5, 5.41) is 4.30. The molecule has 0 spiro atoms.